The summed E-state index contributed by atoms with van der Waals surface area (Å²) >= 11 is 4.76. The summed E-state index contributed by atoms with van der Waals surface area (Å²) in [5.74, 6) is -0.0689. The van der Waals surface area contributed by atoms with E-state index >= 15 is 0 Å². The van der Waals surface area contributed by atoms with Crippen LogP contribution < -0.4 is 16.2 Å². The number of thiocarbonyl (C=S) groups is 1. The second-order valence-corrected chi connectivity index (χ2v) is 5.28. The van der Waals surface area contributed by atoms with Crippen molar-refractivity contribution >= 4 is 40.3 Å². The first-order chi connectivity index (χ1) is 10.8. The van der Waals surface area contributed by atoms with Gasteiger partial charge in [0.05, 0.1) is 11.4 Å². The van der Waals surface area contributed by atoms with Crippen LogP contribution in [0.5, 0.6) is 0 Å². The molecule has 0 aliphatic carbocycles. The van der Waals surface area contributed by atoms with E-state index in [2.05, 4.69) is 15.3 Å². The minimum Gasteiger partial charge on any atom is -0.374 e. The fourth-order valence-corrected chi connectivity index (χ4v) is 1.97. The van der Waals surface area contributed by atoms with E-state index in [0.717, 1.165) is 10.4 Å². The van der Waals surface area contributed by atoms with Gasteiger partial charge in [-0.15, -0.1) is 5.11 Å². The fraction of sp³-hybridized carbons (Fsp3) is 0.214. The zero-order valence-electron chi connectivity index (χ0n) is 12.9. The summed E-state index contributed by atoms with van der Waals surface area (Å²) in [4.78, 5) is 24.8. The third kappa shape index (κ3) is 3.51. The van der Waals surface area contributed by atoms with Gasteiger partial charge in [-0.25, -0.2) is 0 Å². The van der Waals surface area contributed by atoms with Gasteiger partial charge in [-0.05, 0) is 43.4 Å². The number of rotatable bonds is 3. The van der Waals surface area contributed by atoms with Crippen molar-refractivity contribution in [2.75, 3.05) is 11.9 Å². The third-order valence-corrected chi connectivity index (χ3v) is 3.42. The maximum absolute atomic E-state index is 12.0. The Kier molecular flexibility index (Phi) is 4.70. The average molecular weight is 332 g/mol. The number of nitrogens with zero attached hydrogens (tertiary/aromatic N) is 4. The standard InChI is InChI=1S/C14H16N6O2S/c1-8-12(13(22)20(18-8)14(15)23)17-16-10-4-6-11(7-5-10)19(3)9(2)21/h4-7,18H,1-3H3,(H2,15,23). The Morgan fingerprint density at radius 3 is 2.39 bits per heavy atom. The number of H-pyrrole nitrogens is 1. The molecule has 8 nitrogen and oxygen atoms in total. The summed E-state index contributed by atoms with van der Waals surface area (Å²) in [7, 11) is 1.68. The molecule has 0 fully saturated rings. The van der Waals surface area contributed by atoms with Crippen LogP contribution in [-0.2, 0) is 4.79 Å². The van der Waals surface area contributed by atoms with Crippen LogP contribution in [0.1, 0.15) is 12.6 Å². The summed E-state index contributed by atoms with van der Waals surface area (Å²) in [6.45, 7) is 3.16. The van der Waals surface area contributed by atoms with E-state index in [1.54, 1.807) is 38.2 Å². The van der Waals surface area contributed by atoms with Crippen LogP contribution in [-0.4, -0.2) is 27.8 Å². The molecule has 2 rings (SSSR count). The molecule has 0 radical (unpaired) electrons. The number of hydrogen-bond acceptors (Lipinski definition) is 5. The molecule has 0 saturated heterocycles. The summed E-state index contributed by atoms with van der Waals surface area (Å²) in [6, 6.07) is 6.89. The summed E-state index contributed by atoms with van der Waals surface area (Å²) in [5, 5.41) is 10.6. The lowest BCUT2D eigenvalue weighted by molar-refractivity contribution is -0.116. The number of nitrogens with one attached hydrogen (secondary N) is 1. The number of aromatic amines is 1. The molecule has 23 heavy (non-hydrogen) atoms. The molecule has 0 aliphatic rings. The minimum atomic E-state index is -0.452. The van der Waals surface area contributed by atoms with Gasteiger partial charge in [0.1, 0.15) is 0 Å². The van der Waals surface area contributed by atoms with Gasteiger partial charge in [0, 0.05) is 19.7 Å². The first kappa shape index (κ1) is 16.6. The predicted octanol–water partition coefficient (Wildman–Crippen LogP) is 1.97. The fourth-order valence-electron chi connectivity index (χ4n) is 1.84. The first-order valence-corrected chi connectivity index (χ1v) is 7.09. The number of carbonyl (C=O) groups excluding carboxylic acids is 1. The Labute approximate surface area is 137 Å². The van der Waals surface area contributed by atoms with Gasteiger partial charge in [-0.3, -0.25) is 14.7 Å². The molecule has 0 saturated carbocycles. The molecule has 0 bridgehead atoms. The van der Waals surface area contributed by atoms with Crippen LogP contribution in [0, 0.1) is 6.92 Å². The molecular formula is C14H16N6O2S. The predicted molar refractivity (Wildman–Crippen MR) is 91.7 cm³/mol. The first-order valence-electron chi connectivity index (χ1n) is 6.68. The van der Waals surface area contributed by atoms with Crippen molar-refractivity contribution in [2.45, 2.75) is 13.8 Å². The second-order valence-electron chi connectivity index (χ2n) is 4.86. The van der Waals surface area contributed by atoms with Gasteiger partial charge >= 0.3 is 5.56 Å². The van der Waals surface area contributed by atoms with E-state index in [1.165, 1.54) is 11.8 Å². The minimum absolute atomic E-state index is 0.0689. The highest BCUT2D eigenvalue weighted by molar-refractivity contribution is 7.80. The summed E-state index contributed by atoms with van der Waals surface area (Å²) in [5.41, 5.74) is 6.92. The zero-order valence-corrected chi connectivity index (χ0v) is 13.7. The Hall–Kier alpha value is -2.81. The molecular weight excluding hydrogens is 316 g/mol. The monoisotopic (exact) mass is 332 g/mol. The molecule has 1 amide bonds. The van der Waals surface area contributed by atoms with E-state index in [9.17, 15) is 9.59 Å². The zero-order chi connectivity index (χ0) is 17.1. The van der Waals surface area contributed by atoms with Gasteiger partial charge in [0.15, 0.2) is 10.8 Å². The van der Waals surface area contributed by atoms with E-state index in [4.69, 9.17) is 18.0 Å². The number of nitrogens with two attached hydrogens (primary N) is 1. The molecule has 0 atom stereocenters. The van der Waals surface area contributed by atoms with Crippen molar-refractivity contribution in [3.63, 3.8) is 0 Å². The number of aromatic nitrogens is 2. The number of hydrogen-bond donors (Lipinski definition) is 2. The number of carbonyl (C=O) groups is 1. The summed E-state index contributed by atoms with van der Waals surface area (Å²) in [6.07, 6.45) is 0. The number of amides is 1. The topological polar surface area (TPSA) is 109 Å². The highest BCUT2D eigenvalue weighted by Crippen LogP contribution is 2.21. The number of aryl methyl sites for hydroxylation is 1. The van der Waals surface area contributed by atoms with Crippen molar-refractivity contribution in [3.05, 3.63) is 40.3 Å². The van der Waals surface area contributed by atoms with Crippen LogP contribution >= 0.6 is 12.2 Å². The van der Waals surface area contributed by atoms with Crippen LogP contribution in [0.25, 0.3) is 0 Å². The van der Waals surface area contributed by atoms with Crippen LogP contribution in [0.4, 0.5) is 17.1 Å². The van der Waals surface area contributed by atoms with Crippen LogP contribution in [0.2, 0.25) is 0 Å². The maximum Gasteiger partial charge on any atom is 0.301 e. The van der Waals surface area contributed by atoms with E-state index in [-0.39, 0.29) is 16.7 Å². The molecule has 0 spiro atoms. The normalized spacial score (nSPS) is 10.9. The number of benzene rings is 1. The number of azo groups is 1. The van der Waals surface area contributed by atoms with Gasteiger partial charge in [0.25, 0.3) is 0 Å². The van der Waals surface area contributed by atoms with Gasteiger partial charge in [-0.1, -0.05) is 0 Å². The van der Waals surface area contributed by atoms with Crippen LogP contribution in [0.15, 0.2) is 39.3 Å². The quantitative estimate of drug-likeness (QED) is 0.661. The lowest BCUT2D eigenvalue weighted by Crippen LogP contribution is -2.29. The van der Waals surface area contributed by atoms with Gasteiger partial charge in [0.2, 0.25) is 5.91 Å². The van der Waals surface area contributed by atoms with Gasteiger partial charge in [-0.2, -0.15) is 9.80 Å². The molecule has 2 aromatic rings. The van der Waals surface area contributed by atoms with Gasteiger partial charge < -0.3 is 10.6 Å². The van der Waals surface area contributed by atoms with Crippen molar-refractivity contribution in [2.24, 2.45) is 16.0 Å². The molecule has 0 unspecified atom stereocenters. The summed E-state index contributed by atoms with van der Waals surface area (Å²) < 4.78 is 1.03. The Balaban J connectivity index is 2.26. The lowest BCUT2D eigenvalue weighted by Gasteiger charge is -2.14. The Morgan fingerprint density at radius 2 is 1.91 bits per heavy atom. The second kappa shape index (κ2) is 6.53. The van der Waals surface area contributed by atoms with E-state index in [1.807, 2.05) is 0 Å². The average Bonchev–Trinajstić information content (AvgIpc) is 2.80. The molecule has 120 valence electrons. The Morgan fingerprint density at radius 1 is 1.30 bits per heavy atom. The van der Waals surface area contributed by atoms with Crippen molar-refractivity contribution < 1.29 is 4.79 Å². The van der Waals surface area contributed by atoms with Crippen molar-refractivity contribution in [1.82, 2.24) is 9.78 Å². The lowest BCUT2D eigenvalue weighted by atomic mass is 10.2. The maximum atomic E-state index is 12.0. The van der Waals surface area contributed by atoms with E-state index in [0.29, 0.717) is 11.4 Å². The smallest absolute Gasteiger partial charge is 0.301 e. The molecule has 1 aromatic heterocycles. The Bertz CT molecular complexity index is 834. The highest BCUT2D eigenvalue weighted by atomic mass is 32.1. The molecule has 0 aliphatic heterocycles. The number of anilines is 1. The third-order valence-electron chi connectivity index (χ3n) is 3.24. The SMILES string of the molecule is CC(=O)N(C)c1ccc(N=Nc2c(C)[nH]n(C(N)=S)c2=O)cc1. The van der Waals surface area contributed by atoms with E-state index < -0.39 is 5.56 Å². The highest BCUT2D eigenvalue weighted by Gasteiger charge is 2.12. The molecule has 1 heterocycles. The van der Waals surface area contributed by atoms with Crippen molar-refractivity contribution in [1.29, 1.82) is 0 Å². The molecule has 3 N–H and O–H groups in total. The van der Waals surface area contributed by atoms with Crippen LogP contribution in [0.3, 0.4) is 0 Å². The molecule has 1 aromatic carbocycles. The molecule has 9 heteroatoms. The largest absolute Gasteiger partial charge is 0.374 e. The van der Waals surface area contributed by atoms with Crippen molar-refractivity contribution in [3.8, 4) is 0 Å².